The van der Waals surface area contributed by atoms with Gasteiger partial charge in [-0.3, -0.25) is 4.79 Å². The Morgan fingerprint density at radius 2 is 2.00 bits per heavy atom. The molecule has 1 aliphatic rings. The van der Waals surface area contributed by atoms with Crippen LogP contribution >= 0.6 is 11.6 Å². The number of nitrogens with zero attached hydrogens (tertiary/aromatic N) is 2. The average molecular weight is 320 g/mol. The number of aromatic nitrogens is 1. The van der Waals surface area contributed by atoms with Crippen molar-refractivity contribution >= 4 is 23.3 Å². The standard InChI is InChI=1S/C16H15ClFN3O/c17-13-5-6-14(21-8-7-11(9-21)16(19)22)20-15(13)10-1-3-12(18)4-2-10/h1-6,11H,7-9H2,(H2,19,22). The third-order valence-electron chi connectivity index (χ3n) is 3.86. The highest BCUT2D eigenvalue weighted by Crippen LogP contribution is 2.30. The van der Waals surface area contributed by atoms with Gasteiger partial charge in [0, 0.05) is 18.7 Å². The molecule has 2 aromatic rings. The summed E-state index contributed by atoms with van der Waals surface area (Å²) < 4.78 is 13.0. The first kappa shape index (κ1) is 14.8. The topological polar surface area (TPSA) is 59.2 Å². The zero-order valence-corrected chi connectivity index (χ0v) is 12.6. The normalized spacial score (nSPS) is 17.7. The molecule has 0 spiro atoms. The molecule has 6 heteroatoms. The van der Waals surface area contributed by atoms with Crippen LogP contribution in [0.4, 0.5) is 10.2 Å². The van der Waals surface area contributed by atoms with Crippen LogP contribution in [0.3, 0.4) is 0 Å². The predicted octanol–water partition coefficient (Wildman–Crippen LogP) is 2.85. The van der Waals surface area contributed by atoms with E-state index in [0.29, 0.717) is 17.3 Å². The predicted molar refractivity (Wildman–Crippen MR) is 84.2 cm³/mol. The van der Waals surface area contributed by atoms with Crippen molar-refractivity contribution in [3.05, 3.63) is 47.2 Å². The Morgan fingerprint density at radius 1 is 1.27 bits per heavy atom. The van der Waals surface area contributed by atoms with Crippen molar-refractivity contribution in [1.82, 2.24) is 4.98 Å². The molecule has 22 heavy (non-hydrogen) atoms. The van der Waals surface area contributed by atoms with Crippen LogP contribution in [-0.2, 0) is 4.79 Å². The van der Waals surface area contributed by atoms with E-state index in [9.17, 15) is 9.18 Å². The largest absolute Gasteiger partial charge is 0.369 e. The fourth-order valence-electron chi connectivity index (χ4n) is 2.62. The van der Waals surface area contributed by atoms with Gasteiger partial charge >= 0.3 is 0 Å². The monoisotopic (exact) mass is 319 g/mol. The van der Waals surface area contributed by atoms with Gasteiger partial charge in [-0.2, -0.15) is 0 Å². The summed E-state index contributed by atoms with van der Waals surface area (Å²) in [6.07, 6.45) is 0.728. The van der Waals surface area contributed by atoms with Crippen LogP contribution in [0.1, 0.15) is 6.42 Å². The van der Waals surface area contributed by atoms with Gasteiger partial charge in [0.05, 0.1) is 16.6 Å². The number of primary amides is 1. The van der Waals surface area contributed by atoms with Gasteiger partial charge in [-0.15, -0.1) is 0 Å². The number of halogens is 2. The van der Waals surface area contributed by atoms with Crippen molar-refractivity contribution < 1.29 is 9.18 Å². The van der Waals surface area contributed by atoms with Gasteiger partial charge in [0.25, 0.3) is 0 Å². The number of amides is 1. The number of hydrogen-bond donors (Lipinski definition) is 1. The van der Waals surface area contributed by atoms with E-state index in [1.54, 1.807) is 18.2 Å². The molecule has 2 heterocycles. The van der Waals surface area contributed by atoms with E-state index >= 15 is 0 Å². The highest BCUT2D eigenvalue weighted by molar-refractivity contribution is 6.33. The molecular weight excluding hydrogens is 305 g/mol. The molecule has 0 radical (unpaired) electrons. The molecule has 1 atom stereocenters. The van der Waals surface area contributed by atoms with Gasteiger partial charge in [0.1, 0.15) is 11.6 Å². The van der Waals surface area contributed by atoms with Crippen LogP contribution < -0.4 is 10.6 Å². The number of carbonyl (C=O) groups excluding carboxylic acids is 1. The summed E-state index contributed by atoms with van der Waals surface area (Å²) in [5.74, 6) is 0.00863. The summed E-state index contributed by atoms with van der Waals surface area (Å²) in [7, 11) is 0. The lowest BCUT2D eigenvalue weighted by Gasteiger charge is -2.18. The lowest BCUT2D eigenvalue weighted by Crippen LogP contribution is -2.27. The van der Waals surface area contributed by atoms with E-state index < -0.39 is 0 Å². The number of pyridine rings is 1. The zero-order valence-electron chi connectivity index (χ0n) is 11.8. The van der Waals surface area contributed by atoms with Crippen molar-refractivity contribution in [3.8, 4) is 11.3 Å². The summed E-state index contributed by atoms with van der Waals surface area (Å²) in [5.41, 5.74) is 6.70. The number of rotatable bonds is 3. The highest BCUT2D eigenvalue weighted by atomic mass is 35.5. The molecule has 0 bridgehead atoms. The molecule has 1 aromatic carbocycles. The molecule has 1 unspecified atom stereocenters. The number of anilines is 1. The fraction of sp³-hybridized carbons (Fsp3) is 0.250. The van der Waals surface area contributed by atoms with E-state index in [1.807, 2.05) is 11.0 Å². The minimum absolute atomic E-state index is 0.147. The van der Waals surface area contributed by atoms with Crippen LogP contribution in [0.5, 0.6) is 0 Å². The van der Waals surface area contributed by atoms with E-state index in [0.717, 1.165) is 24.3 Å². The Hall–Kier alpha value is -2.14. The van der Waals surface area contributed by atoms with Crippen molar-refractivity contribution in [3.63, 3.8) is 0 Å². The van der Waals surface area contributed by atoms with Gasteiger partial charge in [0.2, 0.25) is 5.91 Å². The van der Waals surface area contributed by atoms with Gasteiger partial charge in [-0.1, -0.05) is 11.6 Å². The van der Waals surface area contributed by atoms with Gasteiger partial charge in [-0.05, 0) is 42.8 Å². The summed E-state index contributed by atoms with van der Waals surface area (Å²) in [6.45, 7) is 1.29. The number of hydrogen-bond acceptors (Lipinski definition) is 3. The Labute approximate surface area is 132 Å². The van der Waals surface area contributed by atoms with Crippen molar-refractivity contribution in [1.29, 1.82) is 0 Å². The quantitative estimate of drug-likeness (QED) is 0.946. The van der Waals surface area contributed by atoms with Crippen LogP contribution in [0, 0.1) is 11.7 Å². The molecule has 0 aliphatic carbocycles. The van der Waals surface area contributed by atoms with E-state index in [2.05, 4.69) is 4.98 Å². The molecule has 1 aromatic heterocycles. The molecule has 1 aliphatic heterocycles. The third kappa shape index (κ3) is 2.90. The Morgan fingerprint density at radius 3 is 2.64 bits per heavy atom. The first-order valence-electron chi connectivity index (χ1n) is 7.01. The Bertz CT molecular complexity index is 705. The zero-order chi connectivity index (χ0) is 15.7. The van der Waals surface area contributed by atoms with Crippen LogP contribution in [-0.4, -0.2) is 24.0 Å². The Balaban J connectivity index is 1.90. The maximum absolute atomic E-state index is 13.0. The van der Waals surface area contributed by atoms with Crippen molar-refractivity contribution in [2.45, 2.75) is 6.42 Å². The first-order valence-corrected chi connectivity index (χ1v) is 7.39. The van der Waals surface area contributed by atoms with Crippen LogP contribution in [0.25, 0.3) is 11.3 Å². The molecule has 1 fully saturated rings. The highest BCUT2D eigenvalue weighted by Gasteiger charge is 2.27. The fourth-order valence-corrected chi connectivity index (χ4v) is 2.83. The minimum Gasteiger partial charge on any atom is -0.369 e. The minimum atomic E-state index is -0.306. The van der Waals surface area contributed by atoms with Crippen LogP contribution in [0.15, 0.2) is 36.4 Å². The smallest absolute Gasteiger partial charge is 0.222 e. The maximum atomic E-state index is 13.0. The molecule has 114 valence electrons. The SMILES string of the molecule is NC(=O)C1CCN(c2ccc(Cl)c(-c3ccc(F)cc3)n2)C1. The molecule has 0 saturated carbocycles. The lowest BCUT2D eigenvalue weighted by molar-refractivity contribution is -0.121. The Kier molecular flexibility index (Phi) is 3.98. The summed E-state index contributed by atoms with van der Waals surface area (Å²) in [5, 5.41) is 0.501. The lowest BCUT2D eigenvalue weighted by atomic mass is 10.1. The molecule has 3 rings (SSSR count). The number of carbonyl (C=O) groups is 1. The summed E-state index contributed by atoms with van der Waals surface area (Å²) in [6, 6.07) is 9.62. The average Bonchev–Trinajstić information content (AvgIpc) is 2.99. The first-order chi connectivity index (χ1) is 10.5. The van der Waals surface area contributed by atoms with Gasteiger partial charge in [0.15, 0.2) is 0 Å². The number of nitrogens with two attached hydrogens (primary N) is 1. The van der Waals surface area contributed by atoms with Gasteiger partial charge in [-0.25, -0.2) is 9.37 Å². The third-order valence-corrected chi connectivity index (χ3v) is 4.17. The van der Waals surface area contributed by atoms with Crippen LogP contribution in [0.2, 0.25) is 5.02 Å². The van der Waals surface area contributed by atoms with Gasteiger partial charge < -0.3 is 10.6 Å². The molecule has 4 nitrogen and oxygen atoms in total. The number of benzene rings is 1. The van der Waals surface area contributed by atoms with Crippen molar-refractivity contribution in [2.75, 3.05) is 18.0 Å². The molecular formula is C16H15ClFN3O. The molecule has 2 N–H and O–H groups in total. The summed E-state index contributed by atoms with van der Waals surface area (Å²) in [4.78, 5) is 17.9. The van der Waals surface area contributed by atoms with E-state index in [4.69, 9.17) is 17.3 Å². The second-order valence-electron chi connectivity index (χ2n) is 5.34. The second-order valence-corrected chi connectivity index (χ2v) is 5.75. The maximum Gasteiger partial charge on any atom is 0.222 e. The molecule has 1 amide bonds. The molecule has 1 saturated heterocycles. The van der Waals surface area contributed by atoms with E-state index in [1.165, 1.54) is 12.1 Å². The van der Waals surface area contributed by atoms with E-state index in [-0.39, 0.29) is 17.6 Å². The second kappa shape index (κ2) is 5.93. The summed E-state index contributed by atoms with van der Waals surface area (Å²) >= 11 is 6.21. The van der Waals surface area contributed by atoms with Crippen molar-refractivity contribution in [2.24, 2.45) is 11.7 Å².